The predicted molar refractivity (Wildman–Crippen MR) is 76.3 cm³/mol. The topological polar surface area (TPSA) is 95.0 Å². The van der Waals surface area contributed by atoms with Crippen LogP contribution in [0.15, 0.2) is 24.3 Å². The Morgan fingerprint density at radius 1 is 1.14 bits per heavy atom. The van der Waals surface area contributed by atoms with Crippen molar-refractivity contribution in [2.24, 2.45) is 0 Å². The first-order valence-corrected chi connectivity index (χ1v) is 6.90. The van der Waals surface area contributed by atoms with Gasteiger partial charge < -0.3 is 10.0 Å². The van der Waals surface area contributed by atoms with E-state index in [1.54, 1.807) is 31.2 Å². The van der Waals surface area contributed by atoms with E-state index in [-0.39, 0.29) is 30.6 Å². The standard InChI is InChI=1S/C15H16N2O5/c1-2-16(8-7-13(19)20)12(18)9-17-14(21)10-5-3-4-6-11(10)15(17)22/h3-6H,2,7-9H2,1H3,(H,19,20). The molecule has 1 N–H and O–H groups in total. The molecule has 7 nitrogen and oxygen atoms in total. The van der Waals surface area contributed by atoms with E-state index >= 15 is 0 Å². The molecular formula is C15H16N2O5. The summed E-state index contributed by atoms with van der Waals surface area (Å²) in [4.78, 5) is 49.3. The molecule has 0 radical (unpaired) electrons. The van der Waals surface area contributed by atoms with Gasteiger partial charge >= 0.3 is 5.97 Å². The van der Waals surface area contributed by atoms with Crippen molar-refractivity contribution < 1.29 is 24.3 Å². The van der Waals surface area contributed by atoms with Gasteiger partial charge in [0.25, 0.3) is 11.8 Å². The van der Waals surface area contributed by atoms with Gasteiger partial charge in [0.1, 0.15) is 6.54 Å². The van der Waals surface area contributed by atoms with Crippen LogP contribution >= 0.6 is 0 Å². The predicted octanol–water partition coefficient (Wildman–Crippen LogP) is 0.606. The van der Waals surface area contributed by atoms with Crippen molar-refractivity contribution in [3.8, 4) is 0 Å². The molecule has 2 rings (SSSR count). The first kappa shape index (κ1) is 15.7. The smallest absolute Gasteiger partial charge is 0.305 e. The number of aliphatic carboxylic acids is 1. The summed E-state index contributed by atoms with van der Waals surface area (Å²) in [5, 5.41) is 8.67. The highest BCUT2D eigenvalue weighted by molar-refractivity contribution is 6.22. The summed E-state index contributed by atoms with van der Waals surface area (Å²) in [6.45, 7) is 1.70. The van der Waals surface area contributed by atoms with Crippen LogP contribution in [0, 0.1) is 0 Å². The maximum Gasteiger partial charge on any atom is 0.305 e. The first-order valence-electron chi connectivity index (χ1n) is 6.90. The van der Waals surface area contributed by atoms with Gasteiger partial charge in [0, 0.05) is 13.1 Å². The lowest BCUT2D eigenvalue weighted by atomic mass is 10.1. The molecule has 1 aliphatic heterocycles. The molecule has 7 heteroatoms. The van der Waals surface area contributed by atoms with E-state index in [9.17, 15) is 19.2 Å². The van der Waals surface area contributed by atoms with Crippen molar-refractivity contribution in [1.82, 2.24) is 9.80 Å². The SMILES string of the molecule is CCN(CCC(=O)O)C(=O)CN1C(=O)c2ccccc2C1=O. The fraction of sp³-hybridized carbons (Fsp3) is 0.333. The molecule has 1 aromatic carbocycles. The van der Waals surface area contributed by atoms with Crippen LogP contribution in [0.2, 0.25) is 0 Å². The lowest BCUT2D eigenvalue weighted by Crippen LogP contribution is -2.43. The molecule has 0 saturated carbocycles. The van der Waals surface area contributed by atoms with Gasteiger partial charge in [-0.15, -0.1) is 0 Å². The second-order valence-corrected chi connectivity index (χ2v) is 4.86. The molecule has 0 bridgehead atoms. The van der Waals surface area contributed by atoms with E-state index in [0.717, 1.165) is 4.90 Å². The molecule has 0 fully saturated rings. The number of hydrogen-bond donors (Lipinski definition) is 1. The number of fused-ring (bicyclic) bond motifs is 1. The maximum atomic E-state index is 12.2. The molecular weight excluding hydrogens is 288 g/mol. The molecule has 0 spiro atoms. The van der Waals surface area contributed by atoms with Crippen LogP contribution in [0.25, 0.3) is 0 Å². The van der Waals surface area contributed by atoms with Crippen LogP contribution < -0.4 is 0 Å². The summed E-state index contributed by atoms with van der Waals surface area (Å²) in [6.07, 6.45) is -0.179. The molecule has 1 aromatic rings. The van der Waals surface area contributed by atoms with Crippen molar-refractivity contribution in [2.45, 2.75) is 13.3 Å². The highest BCUT2D eigenvalue weighted by Gasteiger charge is 2.36. The number of hydrogen-bond acceptors (Lipinski definition) is 4. The lowest BCUT2D eigenvalue weighted by molar-refractivity contribution is -0.138. The zero-order chi connectivity index (χ0) is 16.3. The molecule has 1 heterocycles. The average Bonchev–Trinajstić information content (AvgIpc) is 2.73. The first-order chi connectivity index (χ1) is 10.5. The van der Waals surface area contributed by atoms with E-state index in [2.05, 4.69) is 0 Å². The Kier molecular flexibility index (Phi) is 4.55. The Balaban J connectivity index is 2.08. The summed E-state index contributed by atoms with van der Waals surface area (Å²) in [5.41, 5.74) is 0.572. The molecule has 22 heavy (non-hydrogen) atoms. The molecule has 0 unspecified atom stereocenters. The van der Waals surface area contributed by atoms with Gasteiger partial charge in [0.15, 0.2) is 0 Å². The van der Waals surface area contributed by atoms with Crippen LogP contribution in [-0.4, -0.2) is 58.2 Å². The molecule has 0 aliphatic carbocycles. The number of rotatable bonds is 6. The van der Waals surface area contributed by atoms with Crippen molar-refractivity contribution in [2.75, 3.05) is 19.6 Å². The number of imide groups is 1. The Bertz CT molecular complexity index is 606. The third kappa shape index (κ3) is 2.98. The minimum atomic E-state index is -1.01. The fourth-order valence-corrected chi connectivity index (χ4v) is 2.31. The Labute approximate surface area is 127 Å². The second-order valence-electron chi connectivity index (χ2n) is 4.86. The maximum absolute atomic E-state index is 12.2. The average molecular weight is 304 g/mol. The highest BCUT2D eigenvalue weighted by Crippen LogP contribution is 2.22. The van der Waals surface area contributed by atoms with Crippen molar-refractivity contribution >= 4 is 23.7 Å². The van der Waals surface area contributed by atoms with Gasteiger partial charge in [-0.2, -0.15) is 0 Å². The summed E-state index contributed by atoms with van der Waals surface area (Å²) in [5.74, 6) is -2.45. The zero-order valence-electron chi connectivity index (χ0n) is 12.1. The number of carboxylic acid groups (broad SMARTS) is 1. The third-order valence-electron chi connectivity index (χ3n) is 3.50. The summed E-state index contributed by atoms with van der Waals surface area (Å²) < 4.78 is 0. The molecule has 0 aromatic heterocycles. The van der Waals surface area contributed by atoms with Gasteiger partial charge in [-0.3, -0.25) is 24.1 Å². The normalized spacial score (nSPS) is 13.2. The van der Waals surface area contributed by atoms with Crippen LogP contribution in [0.4, 0.5) is 0 Å². The van der Waals surface area contributed by atoms with Gasteiger partial charge in [-0.05, 0) is 19.1 Å². The number of benzene rings is 1. The number of carbonyl (C=O) groups is 4. The minimum Gasteiger partial charge on any atom is -0.481 e. The monoisotopic (exact) mass is 304 g/mol. The van der Waals surface area contributed by atoms with E-state index in [0.29, 0.717) is 6.54 Å². The largest absolute Gasteiger partial charge is 0.481 e. The molecule has 0 atom stereocenters. The zero-order valence-corrected chi connectivity index (χ0v) is 12.1. The molecule has 3 amide bonds. The van der Waals surface area contributed by atoms with Crippen molar-refractivity contribution in [3.63, 3.8) is 0 Å². The van der Waals surface area contributed by atoms with Gasteiger partial charge in [0.2, 0.25) is 5.91 Å². The molecule has 1 aliphatic rings. The number of carbonyl (C=O) groups excluding carboxylic acids is 3. The van der Waals surface area contributed by atoms with E-state index in [1.165, 1.54) is 4.90 Å². The summed E-state index contributed by atoms with van der Waals surface area (Å²) >= 11 is 0. The quantitative estimate of drug-likeness (QED) is 0.777. The third-order valence-corrected chi connectivity index (χ3v) is 3.50. The molecule has 0 saturated heterocycles. The van der Waals surface area contributed by atoms with Crippen LogP contribution in [-0.2, 0) is 9.59 Å². The number of amides is 3. The van der Waals surface area contributed by atoms with Crippen LogP contribution in [0.3, 0.4) is 0 Å². The summed E-state index contributed by atoms with van der Waals surface area (Å²) in [6, 6.07) is 6.39. The van der Waals surface area contributed by atoms with E-state index in [1.807, 2.05) is 0 Å². The van der Waals surface area contributed by atoms with Gasteiger partial charge in [-0.25, -0.2) is 0 Å². The number of nitrogens with zero attached hydrogens (tertiary/aromatic N) is 2. The van der Waals surface area contributed by atoms with Crippen LogP contribution in [0.5, 0.6) is 0 Å². The van der Waals surface area contributed by atoms with E-state index < -0.39 is 23.7 Å². The Morgan fingerprint density at radius 3 is 2.14 bits per heavy atom. The van der Waals surface area contributed by atoms with Gasteiger partial charge in [-0.1, -0.05) is 12.1 Å². The summed E-state index contributed by atoms with van der Waals surface area (Å²) in [7, 11) is 0. The molecule has 116 valence electrons. The minimum absolute atomic E-state index is 0.0494. The van der Waals surface area contributed by atoms with Gasteiger partial charge in [0.05, 0.1) is 17.5 Å². The van der Waals surface area contributed by atoms with Crippen LogP contribution in [0.1, 0.15) is 34.1 Å². The number of carboxylic acids is 1. The second kappa shape index (κ2) is 6.38. The van der Waals surface area contributed by atoms with Crippen molar-refractivity contribution in [1.29, 1.82) is 0 Å². The number of likely N-dealkylation sites (N-methyl/N-ethyl adjacent to an activating group) is 1. The Hall–Kier alpha value is -2.70. The Morgan fingerprint density at radius 2 is 1.68 bits per heavy atom. The highest BCUT2D eigenvalue weighted by atomic mass is 16.4. The van der Waals surface area contributed by atoms with E-state index in [4.69, 9.17) is 5.11 Å². The fourth-order valence-electron chi connectivity index (χ4n) is 2.31. The lowest BCUT2D eigenvalue weighted by Gasteiger charge is -2.22. The van der Waals surface area contributed by atoms with Crippen molar-refractivity contribution in [3.05, 3.63) is 35.4 Å².